The highest BCUT2D eigenvalue weighted by Crippen LogP contribution is 2.11. The van der Waals surface area contributed by atoms with Crippen LogP contribution in [-0.2, 0) is 6.42 Å². The molecule has 0 fully saturated rings. The van der Waals surface area contributed by atoms with Crippen LogP contribution in [0.2, 0.25) is 0 Å². The van der Waals surface area contributed by atoms with E-state index in [-0.39, 0.29) is 5.91 Å². The summed E-state index contributed by atoms with van der Waals surface area (Å²) in [7, 11) is 3.47. The predicted molar refractivity (Wildman–Crippen MR) is 85.6 cm³/mol. The van der Waals surface area contributed by atoms with E-state index in [4.69, 9.17) is 5.26 Å². The van der Waals surface area contributed by atoms with Gasteiger partial charge in [0.15, 0.2) is 0 Å². The first-order chi connectivity index (χ1) is 10.6. The van der Waals surface area contributed by atoms with E-state index in [0.717, 1.165) is 12.0 Å². The third-order valence-corrected chi connectivity index (χ3v) is 3.21. The number of benzene rings is 1. The number of nitrogens with one attached hydrogen (secondary N) is 1. The molecule has 112 valence electrons. The van der Waals surface area contributed by atoms with Gasteiger partial charge < -0.3 is 10.2 Å². The maximum atomic E-state index is 11.9. The molecule has 0 bridgehead atoms. The lowest BCUT2D eigenvalue weighted by atomic mass is 10.1. The fraction of sp³-hybridized carbons (Fsp3) is 0.235. The van der Waals surface area contributed by atoms with E-state index in [2.05, 4.69) is 16.4 Å². The first-order valence-corrected chi connectivity index (χ1v) is 7.01. The van der Waals surface area contributed by atoms with Crippen LogP contribution in [0.1, 0.15) is 21.5 Å². The molecule has 1 amide bonds. The van der Waals surface area contributed by atoms with Crippen molar-refractivity contribution in [1.82, 2.24) is 9.88 Å². The number of nitrogens with zero attached hydrogens (tertiary/aromatic N) is 3. The third-order valence-electron chi connectivity index (χ3n) is 3.21. The van der Waals surface area contributed by atoms with Gasteiger partial charge in [0, 0.05) is 32.4 Å². The third kappa shape index (κ3) is 3.83. The first-order valence-electron chi connectivity index (χ1n) is 7.01. The second kappa shape index (κ2) is 7.23. The van der Waals surface area contributed by atoms with Gasteiger partial charge in [0.1, 0.15) is 11.9 Å². The van der Waals surface area contributed by atoms with Crippen molar-refractivity contribution in [2.24, 2.45) is 0 Å². The first kappa shape index (κ1) is 15.5. The number of amides is 1. The largest absolute Gasteiger partial charge is 0.369 e. The van der Waals surface area contributed by atoms with Crippen LogP contribution in [0.3, 0.4) is 0 Å². The summed E-state index contributed by atoms with van der Waals surface area (Å²) >= 11 is 0. The molecule has 22 heavy (non-hydrogen) atoms. The summed E-state index contributed by atoms with van der Waals surface area (Å²) < 4.78 is 0. The lowest BCUT2D eigenvalue weighted by Gasteiger charge is -2.11. The van der Waals surface area contributed by atoms with Gasteiger partial charge in [0.2, 0.25) is 0 Å². The SMILES string of the molecule is CN(C)C(=O)c1cccc(CCNc2ncccc2C#N)c1. The van der Waals surface area contributed by atoms with Crippen molar-refractivity contribution >= 4 is 11.7 Å². The van der Waals surface area contributed by atoms with Crippen LogP contribution in [0.25, 0.3) is 0 Å². The van der Waals surface area contributed by atoms with E-state index in [0.29, 0.717) is 23.5 Å². The number of rotatable bonds is 5. The molecule has 0 atom stereocenters. The number of carbonyl (C=O) groups excluding carboxylic acids is 1. The van der Waals surface area contributed by atoms with Crippen molar-refractivity contribution in [3.8, 4) is 6.07 Å². The number of hydrogen-bond acceptors (Lipinski definition) is 4. The van der Waals surface area contributed by atoms with Gasteiger partial charge in [-0.05, 0) is 36.2 Å². The van der Waals surface area contributed by atoms with Gasteiger partial charge in [-0.2, -0.15) is 5.26 Å². The van der Waals surface area contributed by atoms with Gasteiger partial charge in [0.25, 0.3) is 5.91 Å². The molecule has 5 heteroatoms. The number of pyridine rings is 1. The zero-order valence-corrected chi connectivity index (χ0v) is 12.7. The Bertz CT molecular complexity index is 704. The molecular weight excluding hydrogens is 276 g/mol. The summed E-state index contributed by atoms with van der Waals surface area (Å²) in [5.74, 6) is 0.580. The van der Waals surface area contributed by atoms with E-state index in [9.17, 15) is 4.79 Å². The van der Waals surface area contributed by atoms with Crippen molar-refractivity contribution in [1.29, 1.82) is 5.26 Å². The highest BCUT2D eigenvalue weighted by atomic mass is 16.2. The minimum Gasteiger partial charge on any atom is -0.369 e. The molecule has 0 aliphatic heterocycles. The van der Waals surface area contributed by atoms with E-state index in [1.165, 1.54) is 0 Å². The Hall–Kier alpha value is -2.87. The molecule has 5 nitrogen and oxygen atoms in total. The smallest absolute Gasteiger partial charge is 0.253 e. The molecule has 0 aliphatic carbocycles. The Morgan fingerprint density at radius 1 is 1.32 bits per heavy atom. The van der Waals surface area contributed by atoms with E-state index >= 15 is 0 Å². The average Bonchev–Trinajstić information content (AvgIpc) is 2.54. The van der Waals surface area contributed by atoms with Crippen LogP contribution in [0.5, 0.6) is 0 Å². The van der Waals surface area contributed by atoms with Crippen molar-refractivity contribution in [3.05, 3.63) is 59.3 Å². The topological polar surface area (TPSA) is 69.0 Å². The molecule has 0 spiro atoms. The Labute approximate surface area is 130 Å². The summed E-state index contributed by atoms with van der Waals surface area (Å²) in [5, 5.41) is 12.2. The number of aromatic nitrogens is 1. The molecule has 0 saturated carbocycles. The summed E-state index contributed by atoms with van der Waals surface area (Å²) in [6.07, 6.45) is 2.40. The second-order valence-corrected chi connectivity index (χ2v) is 5.09. The Balaban J connectivity index is 1.99. The summed E-state index contributed by atoms with van der Waals surface area (Å²) in [5.41, 5.74) is 2.27. The maximum absolute atomic E-state index is 11.9. The minimum atomic E-state index is -0.00805. The Morgan fingerprint density at radius 3 is 2.86 bits per heavy atom. The fourth-order valence-electron chi connectivity index (χ4n) is 2.08. The molecule has 1 N–H and O–H groups in total. The predicted octanol–water partition coefficient (Wildman–Crippen LogP) is 2.31. The highest BCUT2D eigenvalue weighted by Gasteiger charge is 2.08. The van der Waals surface area contributed by atoms with E-state index in [1.807, 2.05) is 24.3 Å². The molecule has 0 aliphatic rings. The molecule has 2 rings (SSSR count). The Kier molecular flexibility index (Phi) is 5.10. The Morgan fingerprint density at radius 2 is 2.14 bits per heavy atom. The molecule has 0 saturated heterocycles. The molecule has 1 aromatic heterocycles. The van der Waals surface area contributed by atoms with Gasteiger partial charge >= 0.3 is 0 Å². The van der Waals surface area contributed by atoms with Crippen LogP contribution >= 0.6 is 0 Å². The second-order valence-electron chi connectivity index (χ2n) is 5.09. The molecule has 2 aromatic rings. The van der Waals surface area contributed by atoms with Crippen LogP contribution < -0.4 is 5.32 Å². The van der Waals surface area contributed by atoms with Gasteiger partial charge in [-0.15, -0.1) is 0 Å². The van der Waals surface area contributed by atoms with Crippen LogP contribution in [0.15, 0.2) is 42.6 Å². The zero-order valence-electron chi connectivity index (χ0n) is 12.7. The molecule has 1 aromatic carbocycles. The van der Waals surface area contributed by atoms with Crippen molar-refractivity contribution in [3.63, 3.8) is 0 Å². The summed E-state index contributed by atoms with van der Waals surface area (Å²) in [4.78, 5) is 17.7. The number of nitriles is 1. The van der Waals surface area contributed by atoms with Gasteiger partial charge in [-0.3, -0.25) is 4.79 Å². The van der Waals surface area contributed by atoms with Crippen molar-refractivity contribution in [2.45, 2.75) is 6.42 Å². The summed E-state index contributed by atoms with van der Waals surface area (Å²) in [6, 6.07) is 13.1. The lowest BCUT2D eigenvalue weighted by molar-refractivity contribution is 0.0827. The molecule has 0 radical (unpaired) electrons. The maximum Gasteiger partial charge on any atom is 0.253 e. The molecule has 1 heterocycles. The number of hydrogen-bond donors (Lipinski definition) is 1. The monoisotopic (exact) mass is 294 g/mol. The van der Waals surface area contributed by atoms with Gasteiger partial charge in [-0.1, -0.05) is 12.1 Å². The zero-order chi connectivity index (χ0) is 15.9. The minimum absolute atomic E-state index is 0.00805. The molecular formula is C17H18N4O. The van der Waals surface area contributed by atoms with Crippen LogP contribution in [0.4, 0.5) is 5.82 Å². The molecule has 0 unspecified atom stereocenters. The number of anilines is 1. The van der Waals surface area contributed by atoms with Crippen molar-refractivity contribution < 1.29 is 4.79 Å². The highest BCUT2D eigenvalue weighted by molar-refractivity contribution is 5.94. The van der Waals surface area contributed by atoms with Gasteiger partial charge in [-0.25, -0.2) is 4.98 Å². The van der Waals surface area contributed by atoms with Crippen LogP contribution in [-0.4, -0.2) is 36.4 Å². The standard InChI is InChI=1S/C17H18N4O/c1-21(2)17(22)14-6-3-5-13(11-14)8-10-20-16-15(12-18)7-4-9-19-16/h3-7,9,11H,8,10H2,1-2H3,(H,19,20). The van der Waals surface area contributed by atoms with Crippen molar-refractivity contribution in [2.75, 3.05) is 26.0 Å². The average molecular weight is 294 g/mol. The van der Waals surface area contributed by atoms with E-state index < -0.39 is 0 Å². The van der Waals surface area contributed by atoms with E-state index in [1.54, 1.807) is 37.3 Å². The van der Waals surface area contributed by atoms with Gasteiger partial charge in [0.05, 0.1) is 5.56 Å². The summed E-state index contributed by atoms with van der Waals surface area (Å²) in [6.45, 7) is 0.644. The fourth-order valence-corrected chi connectivity index (χ4v) is 2.08. The lowest BCUT2D eigenvalue weighted by Crippen LogP contribution is -2.21. The van der Waals surface area contributed by atoms with Crippen LogP contribution in [0, 0.1) is 11.3 Å². The normalized spacial score (nSPS) is 9.86. The number of carbonyl (C=O) groups is 1. The quantitative estimate of drug-likeness (QED) is 0.918.